The lowest BCUT2D eigenvalue weighted by Crippen LogP contribution is -2.56. The van der Waals surface area contributed by atoms with Gasteiger partial charge in [-0.25, -0.2) is 0 Å². The molecule has 0 bridgehead atoms. The lowest BCUT2D eigenvalue weighted by Gasteiger charge is -2.28. The van der Waals surface area contributed by atoms with Crippen LogP contribution in [0.2, 0.25) is 0 Å². The Morgan fingerprint density at radius 1 is 0.857 bits per heavy atom. The number of carboxylic acid groups (broad SMARTS) is 1. The van der Waals surface area contributed by atoms with Crippen LogP contribution in [0, 0.1) is 11.8 Å². The largest absolute Gasteiger partial charge is 0.508 e. The maximum Gasteiger partial charge on any atom is 0.303 e. The molecule has 0 aliphatic rings. The van der Waals surface area contributed by atoms with E-state index < -0.39 is 29.9 Å². The van der Waals surface area contributed by atoms with Gasteiger partial charge in [0.25, 0.3) is 0 Å². The van der Waals surface area contributed by atoms with Gasteiger partial charge in [-0.1, -0.05) is 59.6 Å². The number of benzene rings is 1. The summed E-state index contributed by atoms with van der Waals surface area (Å²) in [6.45, 7) is 9.98. The first-order chi connectivity index (χ1) is 19.9. The van der Waals surface area contributed by atoms with Crippen LogP contribution in [0.15, 0.2) is 24.3 Å². The van der Waals surface area contributed by atoms with Crippen LogP contribution in [0.3, 0.4) is 0 Å². The molecule has 0 unspecified atom stereocenters. The van der Waals surface area contributed by atoms with Crippen LogP contribution in [0.25, 0.3) is 0 Å². The smallest absolute Gasteiger partial charge is 0.303 e. The van der Waals surface area contributed by atoms with Crippen LogP contribution in [-0.2, 0) is 30.5 Å². The van der Waals surface area contributed by atoms with E-state index in [9.17, 15) is 29.1 Å². The van der Waals surface area contributed by atoms with E-state index in [0.29, 0.717) is 32.1 Å². The minimum atomic E-state index is -0.989. The molecule has 1 aromatic carbocycles. The van der Waals surface area contributed by atoms with E-state index in [0.717, 1.165) is 5.56 Å². The summed E-state index contributed by atoms with van der Waals surface area (Å²) in [6, 6.07) is 4.71. The molecule has 11 nitrogen and oxygen atoms in total. The Labute approximate surface area is 249 Å². The second-order valence-electron chi connectivity index (χ2n) is 11.3. The van der Waals surface area contributed by atoms with Crippen molar-refractivity contribution in [2.24, 2.45) is 11.8 Å². The molecule has 0 saturated carbocycles. The van der Waals surface area contributed by atoms with E-state index in [1.165, 1.54) is 0 Å². The molecule has 1 rings (SSSR count). The van der Waals surface area contributed by atoms with Gasteiger partial charge >= 0.3 is 5.97 Å². The Morgan fingerprint density at radius 2 is 1.57 bits per heavy atom. The molecule has 4 amide bonds. The summed E-state index contributed by atoms with van der Waals surface area (Å²) in [5, 5.41) is 29.8. The number of aliphatic carboxylic acids is 1. The summed E-state index contributed by atoms with van der Waals surface area (Å²) < 4.78 is 0. The zero-order valence-corrected chi connectivity index (χ0v) is 25.7. The zero-order valence-electron chi connectivity index (χ0n) is 25.7. The van der Waals surface area contributed by atoms with Crippen molar-refractivity contribution in [3.05, 3.63) is 29.8 Å². The fraction of sp³-hybridized carbons (Fsp3) is 0.645. The molecular weight excluding hydrogens is 540 g/mol. The highest BCUT2D eigenvalue weighted by Crippen LogP contribution is 2.14. The number of phenolic OH excluding ortho intramolecular Hbond substituents is 1. The molecule has 0 saturated heterocycles. The number of phenols is 1. The van der Waals surface area contributed by atoms with Gasteiger partial charge in [0, 0.05) is 31.8 Å². The van der Waals surface area contributed by atoms with Gasteiger partial charge in [0.1, 0.15) is 17.8 Å². The first-order valence-corrected chi connectivity index (χ1v) is 15.0. The van der Waals surface area contributed by atoms with Crippen molar-refractivity contribution in [2.75, 3.05) is 0 Å². The van der Waals surface area contributed by atoms with Gasteiger partial charge in [0.05, 0.1) is 0 Å². The molecule has 0 aromatic heterocycles. The molecule has 1 aromatic rings. The number of amides is 4. The maximum absolute atomic E-state index is 13.3. The second kappa shape index (κ2) is 19.5. The number of rotatable bonds is 20. The third-order valence-electron chi connectivity index (χ3n) is 7.04. The number of carbonyl (C=O) groups excluding carboxylic acids is 4. The third-order valence-corrected chi connectivity index (χ3v) is 7.04. The highest BCUT2D eigenvalue weighted by atomic mass is 16.4. The summed E-state index contributed by atoms with van der Waals surface area (Å²) in [5.74, 6) is -2.19. The van der Waals surface area contributed by atoms with Crippen molar-refractivity contribution in [1.82, 2.24) is 21.3 Å². The van der Waals surface area contributed by atoms with Crippen molar-refractivity contribution >= 4 is 29.6 Å². The Balaban J connectivity index is 2.81. The van der Waals surface area contributed by atoms with Crippen molar-refractivity contribution < 1.29 is 34.2 Å². The average Bonchev–Trinajstić information content (AvgIpc) is 2.92. The van der Waals surface area contributed by atoms with Gasteiger partial charge < -0.3 is 31.5 Å². The minimum Gasteiger partial charge on any atom is -0.508 e. The van der Waals surface area contributed by atoms with Gasteiger partial charge in [0.2, 0.25) is 23.6 Å². The molecule has 0 aliphatic carbocycles. The Morgan fingerprint density at radius 3 is 2.17 bits per heavy atom. The molecule has 6 N–H and O–H groups in total. The molecule has 0 heterocycles. The van der Waals surface area contributed by atoms with E-state index in [4.69, 9.17) is 5.11 Å². The number of carboxylic acids is 1. The Hall–Kier alpha value is -3.63. The van der Waals surface area contributed by atoms with Gasteiger partial charge in [-0.05, 0) is 55.2 Å². The molecule has 0 spiro atoms. The number of aromatic hydroxyl groups is 1. The highest BCUT2D eigenvalue weighted by molar-refractivity contribution is 5.92. The number of hydrogen-bond acceptors (Lipinski definition) is 6. The first-order valence-electron chi connectivity index (χ1n) is 15.0. The van der Waals surface area contributed by atoms with Crippen LogP contribution in [0.4, 0.5) is 0 Å². The highest BCUT2D eigenvalue weighted by Gasteiger charge is 2.30. The fourth-order valence-corrected chi connectivity index (χ4v) is 4.55. The molecule has 4 atom stereocenters. The van der Waals surface area contributed by atoms with E-state index in [-0.39, 0.29) is 67.7 Å². The lowest BCUT2D eigenvalue weighted by molar-refractivity contribution is -0.137. The molecule has 0 radical (unpaired) electrons. The van der Waals surface area contributed by atoms with Crippen molar-refractivity contribution in [1.29, 1.82) is 0 Å². The first kappa shape index (κ1) is 36.4. The van der Waals surface area contributed by atoms with Crippen molar-refractivity contribution in [2.45, 2.75) is 117 Å². The molecular formula is C31H50N4O7. The predicted molar refractivity (Wildman–Crippen MR) is 160 cm³/mol. The topological polar surface area (TPSA) is 174 Å². The molecule has 11 heteroatoms. The number of hydrogen-bond donors (Lipinski definition) is 6. The molecule has 236 valence electrons. The van der Waals surface area contributed by atoms with Crippen molar-refractivity contribution in [3.63, 3.8) is 0 Å². The van der Waals surface area contributed by atoms with Crippen molar-refractivity contribution in [3.8, 4) is 5.75 Å². The number of nitrogens with one attached hydrogen (secondary N) is 4. The van der Waals surface area contributed by atoms with Crippen LogP contribution < -0.4 is 21.3 Å². The summed E-state index contributed by atoms with van der Waals surface area (Å²) in [7, 11) is 0. The van der Waals surface area contributed by atoms with E-state index in [1.54, 1.807) is 24.3 Å². The fourth-order valence-electron chi connectivity index (χ4n) is 4.55. The van der Waals surface area contributed by atoms with Crippen LogP contribution in [0.1, 0.15) is 98.0 Å². The van der Waals surface area contributed by atoms with Gasteiger partial charge in [-0.15, -0.1) is 0 Å². The van der Waals surface area contributed by atoms with E-state index >= 15 is 0 Å². The Bertz CT molecular complexity index is 1030. The van der Waals surface area contributed by atoms with Gasteiger partial charge in [-0.2, -0.15) is 0 Å². The van der Waals surface area contributed by atoms with Gasteiger partial charge in [0.15, 0.2) is 0 Å². The molecule has 0 aliphatic heterocycles. The molecule has 0 fully saturated rings. The quantitative estimate of drug-likeness (QED) is 0.135. The minimum absolute atomic E-state index is 0.0102. The summed E-state index contributed by atoms with van der Waals surface area (Å²) in [5.41, 5.74) is 0.778. The SMILES string of the molecule is CCC[C@H](NC(=O)[C@@H](NC(=O)CCCC(=O)O)[C@@H](C)CC)C(=O)N[C@H](CCC(=O)NCc1cccc(O)c1)CC(C)C. The normalized spacial score (nSPS) is 13.9. The lowest BCUT2D eigenvalue weighted by atomic mass is 9.96. The van der Waals surface area contributed by atoms with Gasteiger partial charge in [-0.3, -0.25) is 24.0 Å². The summed E-state index contributed by atoms with van der Waals surface area (Å²) in [4.78, 5) is 62.3. The van der Waals surface area contributed by atoms with Crippen LogP contribution in [-0.4, -0.2) is 57.9 Å². The summed E-state index contributed by atoms with van der Waals surface area (Å²) >= 11 is 0. The summed E-state index contributed by atoms with van der Waals surface area (Å²) in [6.07, 6.45) is 2.95. The second-order valence-corrected chi connectivity index (χ2v) is 11.3. The third kappa shape index (κ3) is 14.8. The van der Waals surface area contributed by atoms with E-state index in [1.807, 2.05) is 34.6 Å². The standard InChI is InChI=1S/C31H50N4O7/c1-6-10-25(34-31(42)29(21(5)7-2)35-27(38)13-9-14-28(39)40)30(41)33-23(17-20(3)4)15-16-26(37)32-19-22-11-8-12-24(36)18-22/h8,11-12,18,20-21,23,25,29,36H,6-7,9-10,13-17,19H2,1-5H3,(H,32,37)(H,33,41)(H,34,42)(H,35,38)(H,39,40)/t21-,23+,25-,29-/m0/s1. The zero-order chi connectivity index (χ0) is 31.7. The maximum atomic E-state index is 13.3. The van der Waals surface area contributed by atoms with Crippen LogP contribution in [0.5, 0.6) is 5.75 Å². The average molecular weight is 591 g/mol. The van der Waals surface area contributed by atoms with Crippen LogP contribution >= 0.6 is 0 Å². The van der Waals surface area contributed by atoms with E-state index in [2.05, 4.69) is 21.3 Å². The molecule has 42 heavy (non-hydrogen) atoms. The monoisotopic (exact) mass is 590 g/mol. The number of carbonyl (C=O) groups is 5. The Kier molecular flexibility index (Phi) is 16.9. The predicted octanol–water partition coefficient (Wildman–Crippen LogP) is 3.39.